The van der Waals surface area contributed by atoms with Gasteiger partial charge in [0.1, 0.15) is 11.4 Å². The Morgan fingerprint density at radius 1 is 0.765 bits per heavy atom. The molecule has 2 rings (SSSR count). The third kappa shape index (κ3) is 2.81. The molecular weight excluding hydrogens is 216 g/mol. The standard InChI is InChI=1S/C13H10N2O2/c16-14-12-5-1-3-10(8-12)7-11-4-2-6-13(9-11)15-17/h1-6,8-9H,7H2. The van der Waals surface area contributed by atoms with Gasteiger partial charge in [-0.2, -0.15) is 0 Å². The molecule has 0 aliphatic heterocycles. The predicted molar refractivity (Wildman–Crippen MR) is 66.6 cm³/mol. The average Bonchev–Trinajstić information content (AvgIpc) is 2.39. The molecule has 4 nitrogen and oxygen atoms in total. The van der Waals surface area contributed by atoms with Gasteiger partial charge in [0, 0.05) is 0 Å². The molecule has 0 saturated heterocycles. The summed E-state index contributed by atoms with van der Waals surface area (Å²) in [6.45, 7) is 0. The number of nitroso groups, excluding NO2 is 2. The molecule has 84 valence electrons. The van der Waals surface area contributed by atoms with Crippen LogP contribution in [0.3, 0.4) is 0 Å². The molecule has 4 heteroatoms. The van der Waals surface area contributed by atoms with Crippen molar-refractivity contribution in [2.45, 2.75) is 6.42 Å². The second-order valence-corrected chi connectivity index (χ2v) is 3.70. The summed E-state index contributed by atoms with van der Waals surface area (Å²) < 4.78 is 0. The Balaban J connectivity index is 2.24. The van der Waals surface area contributed by atoms with Gasteiger partial charge in [-0.3, -0.25) is 0 Å². The zero-order valence-corrected chi connectivity index (χ0v) is 9.04. The third-order valence-corrected chi connectivity index (χ3v) is 2.44. The number of hydrogen-bond acceptors (Lipinski definition) is 4. The van der Waals surface area contributed by atoms with Crippen molar-refractivity contribution in [1.82, 2.24) is 0 Å². The van der Waals surface area contributed by atoms with E-state index in [2.05, 4.69) is 10.4 Å². The Bertz CT molecular complexity index is 503. The largest absolute Gasteiger partial charge is 0.145 e. The zero-order valence-electron chi connectivity index (χ0n) is 9.04. The molecule has 0 unspecified atom stereocenters. The van der Waals surface area contributed by atoms with E-state index < -0.39 is 0 Å². The summed E-state index contributed by atoms with van der Waals surface area (Å²) in [4.78, 5) is 20.8. The van der Waals surface area contributed by atoms with Crippen LogP contribution >= 0.6 is 0 Å². The van der Waals surface area contributed by atoms with E-state index >= 15 is 0 Å². The maximum atomic E-state index is 10.4. The van der Waals surface area contributed by atoms with E-state index in [0.717, 1.165) is 11.1 Å². The summed E-state index contributed by atoms with van der Waals surface area (Å²) in [5.41, 5.74) is 2.77. The maximum Gasteiger partial charge on any atom is 0.108 e. The van der Waals surface area contributed by atoms with Crippen molar-refractivity contribution in [1.29, 1.82) is 0 Å². The summed E-state index contributed by atoms with van der Waals surface area (Å²) >= 11 is 0. The first kappa shape index (κ1) is 11.1. The van der Waals surface area contributed by atoms with E-state index in [1.807, 2.05) is 12.1 Å². The lowest BCUT2D eigenvalue weighted by molar-refractivity contribution is 1.19. The minimum atomic E-state index is 0.409. The lowest BCUT2D eigenvalue weighted by atomic mass is 10.0. The number of rotatable bonds is 4. The van der Waals surface area contributed by atoms with Crippen molar-refractivity contribution in [2.75, 3.05) is 0 Å². The number of hydrogen-bond donors (Lipinski definition) is 0. The lowest BCUT2D eigenvalue weighted by Crippen LogP contribution is -1.86. The van der Waals surface area contributed by atoms with Crippen LogP contribution in [-0.2, 0) is 6.42 Å². The number of nitrogens with zero attached hydrogens (tertiary/aromatic N) is 2. The van der Waals surface area contributed by atoms with Crippen molar-refractivity contribution in [3.05, 3.63) is 69.5 Å². The Morgan fingerprint density at radius 2 is 1.24 bits per heavy atom. The van der Waals surface area contributed by atoms with Gasteiger partial charge in [0.25, 0.3) is 0 Å². The van der Waals surface area contributed by atoms with E-state index in [4.69, 9.17) is 0 Å². The molecule has 0 saturated carbocycles. The van der Waals surface area contributed by atoms with Gasteiger partial charge >= 0.3 is 0 Å². The van der Waals surface area contributed by atoms with E-state index in [9.17, 15) is 9.81 Å². The second kappa shape index (κ2) is 5.12. The van der Waals surface area contributed by atoms with E-state index in [-0.39, 0.29) is 0 Å². The minimum Gasteiger partial charge on any atom is -0.145 e. The normalized spacial score (nSPS) is 9.88. The van der Waals surface area contributed by atoms with E-state index in [1.54, 1.807) is 36.4 Å². The molecule has 0 atom stereocenters. The van der Waals surface area contributed by atoms with Gasteiger partial charge in [0.15, 0.2) is 0 Å². The van der Waals surface area contributed by atoms with Crippen LogP contribution in [0, 0.1) is 9.81 Å². The Morgan fingerprint density at radius 3 is 1.65 bits per heavy atom. The van der Waals surface area contributed by atoms with Gasteiger partial charge in [-0.15, -0.1) is 9.81 Å². The predicted octanol–water partition coefficient (Wildman–Crippen LogP) is 4.07. The van der Waals surface area contributed by atoms with E-state index in [0.29, 0.717) is 17.8 Å². The highest BCUT2D eigenvalue weighted by molar-refractivity contribution is 5.44. The maximum absolute atomic E-state index is 10.4. The molecule has 2 aromatic rings. The van der Waals surface area contributed by atoms with Crippen molar-refractivity contribution in [3.8, 4) is 0 Å². The van der Waals surface area contributed by atoms with Crippen LogP contribution in [-0.4, -0.2) is 0 Å². The van der Waals surface area contributed by atoms with Gasteiger partial charge in [-0.1, -0.05) is 24.3 Å². The second-order valence-electron chi connectivity index (χ2n) is 3.70. The molecule has 0 N–H and O–H groups in total. The molecule has 0 amide bonds. The zero-order chi connectivity index (χ0) is 12.1. The van der Waals surface area contributed by atoms with Crippen molar-refractivity contribution in [2.24, 2.45) is 10.4 Å². The smallest absolute Gasteiger partial charge is 0.108 e. The van der Waals surface area contributed by atoms with Gasteiger partial charge in [0.05, 0.1) is 0 Å². The van der Waals surface area contributed by atoms with Crippen LogP contribution in [0.1, 0.15) is 11.1 Å². The number of benzene rings is 2. The van der Waals surface area contributed by atoms with Gasteiger partial charge in [-0.25, -0.2) is 0 Å². The molecule has 17 heavy (non-hydrogen) atoms. The quantitative estimate of drug-likeness (QED) is 0.737. The minimum absolute atomic E-state index is 0.409. The van der Waals surface area contributed by atoms with Crippen LogP contribution in [0.5, 0.6) is 0 Å². The Kier molecular flexibility index (Phi) is 3.35. The lowest BCUT2D eigenvalue weighted by Gasteiger charge is -2.02. The highest BCUT2D eigenvalue weighted by Gasteiger charge is 2.00. The van der Waals surface area contributed by atoms with Crippen LogP contribution < -0.4 is 0 Å². The third-order valence-electron chi connectivity index (χ3n) is 2.44. The average molecular weight is 226 g/mol. The van der Waals surface area contributed by atoms with Gasteiger partial charge in [0.2, 0.25) is 0 Å². The van der Waals surface area contributed by atoms with Crippen LogP contribution in [0.15, 0.2) is 58.9 Å². The Labute approximate surface area is 98.2 Å². The summed E-state index contributed by atoms with van der Waals surface area (Å²) in [7, 11) is 0. The van der Waals surface area contributed by atoms with Crippen LogP contribution in [0.25, 0.3) is 0 Å². The molecule has 0 heterocycles. The first-order valence-corrected chi connectivity index (χ1v) is 5.16. The fourth-order valence-corrected chi connectivity index (χ4v) is 1.68. The Hall–Kier alpha value is -2.36. The summed E-state index contributed by atoms with van der Waals surface area (Å²) in [5, 5.41) is 5.78. The van der Waals surface area contributed by atoms with Gasteiger partial charge in [-0.05, 0) is 52.2 Å². The molecule has 0 spiro atoms. The van der Waals surface area contributed by atoms with Crippen molar-refractivity contribution >= 4 is 11.4 Å². The van der Waals surface area contributed by atoms with Gasteiger partial charge < -0.3 is 0 Å². The summed E-state index contributed by atoms with van der Waals surface area (Å²) in [6, 6.07) is 14.2. The molecule has 0 aromatic heterocycles. The molecular formula is C13H10N2O2. The first-order chi connectivity index (χ1) is 8.31. The monoisotopic (exact) mass is 226 g/mol. The molecule has 0 bridgehead atoms. The SMILES string of the molecule is O=Nc1cccc(Cc2cccc(N=O)c2)c1. The fourth-order valence-electron chi connectivity index (χ4n) is 1.68. The van der Waals surface area contributed by atoms with Crippen molar-refractivity contribution in [3.63, 3.8) is 0 Å². The fraction of sp³-hybridized carbons (Fsp3) is 0.0769. The van der Waals surface area contributed by atoms with Crippen LogP contribution in [0.2, 0.25) is 0 Å². The topological polar surface area (TPSA) is 58.9 Å². The van der Waals surface area contributed by atoms with Crippen molar-refractivity contribution < 1.29 is 0 Å². The van der Waals surface area contributed by atoms with Crippen LogP contribution in [0.4, 0.5) is 11.4 Å². The highest BCUT2D eigenvalue weighted by Crippen LogP contribution is 2.19. The molecule has 0 aliphatic carbocycles. The first-order valence-electron chi connectivity index (χ1n) is 5.16. The summed E-state index contributed by atoms with van der Waals surface area (Å²) in [6.07, 6.45) is 0.646. The molecule has 0 radical (unpaired) electrons. The molecule has 0 fully saturated rings. The van der Waals surface area contributed by atoms with E-state index in [1.165, 1.54) is 0 Å². The molecule has 2 aromatic carbocycles. The molecule has 0 aliphatic rings. The highest BCUT2D eigenvalue weighted by atomic mass is 16.3. The summed E-state index contributed by atoms with van der Waals surface area (Å²) in [5.74, 6) is 0.